The molecular weight excluding hydrogens is 244 g/mol. The van der Waals surface area contributed by atoms with Gasteiger partial charge in [-0.25, -0.2) is 4.98 Å². The third kappa shape index (κ3) is 3.30. The van der Waals surface area contributed by atoms with E-state index in [2.05, 4.69) is 53.6 Å². The zero-order chi connectivity index (χ0) is 13.0. The Kier molecular flexibility index (Phi) is 3.94. The van der Waals surface area contributed by atoms with Crippen molar-refractivity contribution >= 4 is 28.5 Å². The summed E-state index contributed by atoms with van der Waals surface area (Å²) in [4.78, 5) is 4.05. The van der Waals surface area contributed by atoms with Gasteiger partial charge in [0, 0.05) is 5.38 Å². The van der Waals surface area contributed by atoms with Gasteiger partial charge in [-0.1, -0.05) is 38.1 Å². The van der Waals surface area contributed by atoms with Crippen molar-refractivity contribution < 1.29 is 0 Å². The van der Waals surface area contributed by atoms with Gasteiger partial charge >= 0.3 is 0 Å². The van der Waals surface area contributed by atoms with Gasteiger partial charge < -0.3 is 5.73 Å². The van der Waals surface area contributed by atoms with E-state index in [0.29, 0.717) is 16.9 Å². The number of hydrogen-bond acceptors (Lipinski definition) is 5. The van der Waals surface area contributed by atoms with Crippen molar-refractivity contribution in [2.45, 2.75) is 19.8 Å². The molecule has 0 amide bonds. The molecule has 1 aromatic heterocycles. The van der Waals surface area contributed by atoms with Crippen molar-refractivity contribution in [2.75, 3.05) is 11.2 Å². The number of anilines is 2. The first-order chi connectivity index (χ1) is 8.65. The summed E-state index contributed by atoms with van der Waals surface area (Å²) < 4.78 is 0. The van der Waals surface area contributed by atoms with Gasteiger partial charge in [-0.2, -0.15) is 5.10 Å². The fourth-order valence-corrected chi connectivity index (χ4v) is 2.02. The van der Waals surface area contributed by atoms with Crippen LogP contribution in [-0.4, -0.2) is 11.2 Å². The number of aromatic nitrogens is 1. The van der Waals surface area contributed by atoms with Crippen LogP contribution in [0, 0.1) is 0 Å². The van der Waals surface area contributed by atoms with E-state index in [0.717, 1.165) is 5.56 Å². The number of nitrogens with one attached hydrogen (secondary N) is 1. The molecule has 2 aromatic rings. The summed E-state index contributed by atoms with van der Waals surface area (Å²) in [5.41, 5.74) is 10.7. The molecule has 0 saturated carbocycles. The van der Waals surface area contributed by atoms with E-state index in [1.807, 2.05) is 0 Å². The molecule has 0 aliphatic rings. The molecule has 0 saturated heterocycles. The molecule has 18 heavy (non-hydrogen) atoms. The Labute approximate surface area is 111 Å². The van der Waals surface area contributed by atoms with E-state index < -0.39 is 0 Å². The van der Waals surface area contributed by atoms with Crippen LogP contribution in [0.4, 0.5) is 10.9 Å². The molecule has 3 N–H and O–H groups in total. The van der Waals surface area contributed by atoms with Gasteiger partial charge in [0.15, 0.2) is 0 Å². The number of benzene rings is 1. The molecule has 0 atom stereocenters. The molecule has 0 fully saturated rings. The fraction of sp³-hybridized carbons (Fsp3) is 0.231. The molecule has 0 aliphatic carbocycles. The smallest absolute Gasteiger partial charge is 0.205 e. The molecule has 0 unspecified atom stereocenters. The Morgan fingerprint density at radius 3 is 2.61 bits per heavy atom. The van der Waals surface area contributed by atoms with Gasteiger partial charge in [-0.15, -0.1) is 11.3 Å². The van der Waals surface area contributed by atoms with Crippen molar-refractivity contribution in [1.29, 1.82) is 0 Å². The average Bonchev–Trinajstić information content (AvgIpc) is 2.76. The third-order valence-corrected chi connectivity index (χ3v) is 3.26. The highest BCUT2D eigenvalue weighted by atomic mass is 32.1. The topological polar surface area (TPSA) is 63.3 Å². The van der Waals surface area contributed by atoms with Crippen LogP contribution in [0.15, 0.2) is 34.7 Å². The molecule has 4 nitrogen and oxygen atoms in total. The monoisotopic (exact) mass is 260 g/mol. The SMILES string of the molecule is CC(C)c1ccc(C=NNc2nc(N)cs2)cc1. The molecular formula is C13H16N4S. The van der Waals surface area contributed by atoms with Crippen LogP contribution in [-0.2, 0) is 0 Å². The largest absolute Gasteiger partial charge is 0.383 e. The second-order valence-electron chi connectivity index (χ2n) is 4.27. The molecule has 5 heteroatoms. The number of hydrogen-bond donors (Lipinski definition) is 2. The number of nitrogens with zero attached hydrogens (tertiary/aromatic N) is 2. The maximum absolute atomic E-state index is 5.51. The van der Waals surface area contributed by atoms with Crippen LogP contribution in [0.5, 0.6) is 0 Å². The first-order valence-electron chi connectivity index (χ1n) is 5.75. The number of nitrogen functional groups attached to an aromatic ring is 1. The minimum absolute atomic E-state index is 0.513. The molecule has 0 bridgehead atoms. The quantitative estimate of drug-likeness (QED) is 0.655. The van der Waals surface area contributed by atoms with Crippen LogP contribution < -0.4 is 11.2 Å². The molecule has 0 aliphatic heterocycles. The summed E-state index contributed by atoms with van der Waals surface area (Å²) in [6.07, 6.45) is 1.77. The van der Waals surface area contributed by atoms with Crippen molar-refractivity contribution in [2.24, 2.45) is 5.10 Å². The zero-order valence-electron chi connectivity index (χ0n) is 10.4. The van der Waals surface area contributed by atoms with Gasteiger partial charge in [-0.3, -0.25) is 5.43 Å². The van der Waals surface area contributed by atoms with Crippen molar-refractivity contribution in [1.82, 2.24) is 4.98 Å². The fourth-order valence-electron chi connectivity index (χ4n) is 1.47. The van der Waals surface area contributed by atoms with Gasteiger partial charge in [0.2, 0.25) is 5.13 Å². The van der Waals surface area contributed by atoms with Gasteiger partial charge in [0.05, 0.1) is 6.21 Å². The normalized spacial score (nSPS) is 11.3. The molecule has 1 heterocycles. The average molecular weight is 260 g/mol. The van der Waals surface area contributed by atoms with Crippen molar-refractivity contribution in [3.63, 3.8) is 0 Å². The highest BCUT2D eigenvalue weighted by Gasteiger charge is 1.98. The zero-order valence-corrected chi connectivity index (χ0v) is 11.2. The Balaban J connectivity index is 1.96. The second-order valence-corrected chi connectivity index (χ2v) is 5.13. The van der Waals surface area contributed by atoms with Gasteiger partial charge in [0.25, 0.3) is 0 Å². The van der Waals surface area contributed by atoms with Crippen LogP contribution in [0.3, 0.4) is 0 Å². The molecule has 94 valence electrons. The summed E-state index contributed by atoms with van der Waals surface area (Å²) in [6, 6.07) is 8.34. The molecule has 0 spiro atoms. The summed E-state index contributed by atoms with van der Waals surface area (Å²) in [5.74, 6) is 1.06. The predicted molar refractivity (Wildman–Crippen MR) is 78.3 cm³/mol. The summed E-state index contributed by atoms with van der Waals surface area (Å²) >= 11 is 1.43. The lowest BCUT2D eigenvalue weighted by Crippen LogP contribution is -1.92. The summed E-state index contributed by atoms with van der Waals surface area (Å²) in [5, 5.41) is 6.59. The number of rotatable bonds is 4. The Bertz CT molecular complexity index is 528. The number of nitrogens with two attached hydrogens (primary N) is 1. The van der Waals surface area contributed by atoms with E-state index >= 15 is 0 Å². The number of thiazole rings is 1. The van der Waals surface area contributed by atoms with Crippen LogP contribution in [0.1, 0.15) is 30.9 Å². The maximum atomic E-state index is 5.51. The van der Waals surface area contributed by atoms with E-state index in [1.165, 1.54) is 16.9 Å². The van der Waals surface area contributed by atoms with Crippen LogP contribution in [0.2, 0.25) is 0 Å². The van der Waals surface area contributed by atoms with Crippen molar-refractivity contribution in [3.8, 4) is 0 Å². The van der Waals surface area contributed by atoms with E-state index in [-0.39, 0.29) is 0 Å². The second kappa shape index (κ2) is 5.64. The maximum Gasteiger partial charge on any atom is 0.205 e. The Morgan fingerprint density at radius 2 is 2.06 bits per heavy atom. The van der Waals surface area contributed by atoms with E-state index in [4.69, 9.17) is 5.73 Å². The summed E-state index contributed by atoms with van der Waals surface area (Å²) in [6.45, 7) is 4.36. The molecule has 0 radical (unpaired) electrons. The lowest BCUT2D eigenvalue weighted by molar-refractivity contribution is 0.866. The first-order valence-corrected chi connectivity index (χ1v) is 6.63. The highest BCUT2D eigenvalue weighted by molar-refractivity contribution is 7.14. The van der Waals surface area contributed by atoms with E-state index in [9.17, 15) is 0 Å². The first kappa shape index (κ1) is 12.6. The Hall–Kier alpha value is -1.88. The summed E-state index contributed by atoms with van der Waals surface area (Å²) in [7, 11) is 0. The molecule has 1 aromatic carbocycles. The Morgan fingerprint density at radius 1 is 1.33 bits per heavy atom. The predicted octanol–water partition coefficient (Wildman–Crippen LogP) is 3.29. The highest BCUT2D eigenvalue weighted by Crippen LogP contribution is 2.16. The lowest BCUT2D eigenvalue weighted by atomic mass is 10.0. The number of hydrazone groups is 1. The standard InChI is InChI=1S/C13H16N4S/c1-9(2)11-5-3-10(4-6-11)7-15-17-13-16-12(14)8-18-13/h3-9H,14H2,1-2H3,(H,16,17). The van der Waals surface area contributed by atoms with Crippen molar-refractivity contribution in [3.05, 3.63) is 40.8 Å². The minimum atomic E-state index is 0.513. The third-order valence-electron chi connectivity index (χ3n) is 2.50. The van der Waals surface area contributed by atoms with Crippen LogP contribution in [0.25, 0.3) is 0 Å². The lowest BCUT2D eigenvalue weighted by Gasteiger charge is -2.04. The van der Waals surface area contributed by atoms with Gasteiger partial charge in [0.1, 0.15) is 5.82 Å². The molecule has 2 rings (SSSR count). The van der Waals surface area contributed by atoms with Crippen LogP contribution >= 0.6 is 11.3 Å². The van der Waals surface area contributed by atoms with E-state index in [1.54, 1.807) is 11.6 Å². The van der Waals surface area contributed by atoms with Gasteiger partial charge in [-0.05, 0) is 17.0 Å². The minimum Gasteiger partial charge on any atom is -0.383 e.